The minimum Gasteiger partial charge on any atom is -0.208 e. The minimum atomic E-state index is 0.612. The van der Waals surface area contributed by atoms with Gasteiger partial charge in [-0.3, -0.25) is 0 Å². The first-order valence-electron chi connectivity index (χ1n) is 16.7. The lowest BCUT2D eigenvalue weighted by Crippen LogP contribution is -2.01. The van der Waals surface area contributed by atoms with Crippen LogP contribution in [0.25, 0.3) is 99.9 Å². The van der Waals surface area contributed by atoms with Crippen molar-refractivity contribution >= 4 is 32.3 Å². The molecule has 0 bridgehead atoms. The zero-order valence-corrected chi connectivity index (χ0v) is 26.8. The monoisotopic (exact) mass is 634 g/mol. The smallest absolute Gasteiger partial charge is 0.164 e. The molecule has 0 spiro atoms. The quantitative estimate of drug-likeness (QED) is 0.193. The number of aromatic nitrogens is 3. The molecule has 0 saturated carbocycles. The van der Waals surface area contributed by atoms with Gasteiger partial charge in [0.2, 0.25) is 0 Å². The maximum atomic E-state index is 9.53. The number of hydrogen-bond donors (Lipinski definition) is 0. The third kappa shape index (κ3) is 4.42. The summed E-state index contributed by atoms with van der Waals surface area (Å²) in [6, 6.07) is 56.9. The molecule has 0 N–H and O–H groups in total. The fourth-order valence-electron chi connectivity index (χ4n) is 7.46. The van der Waals surface area contributed by atoms with Crippen molar-refractivity contribution in [2.24, 2.45) is 0 Å². The molecule has 0 fully saturated rings. The summed E-state index contributed by atoms with van der Waals surface area (Å²) < 4.78 is 0. The fourth-order valence-corrected chi connectivity index (χ4v) is 7.46. The van der Waals surface area contributed by atoms with Gasteiger partial charge in [0.05, 0.1) is 11.6 Å². The van der Waals surface area contributed by atoms with Crippen LogP contribution in [0.5, 0.6) is 0 Å². The molecule has 0 aliphatic heterocycles. The number of nitriles is 1. The standard InChI is InChI=1S/C46H26N4/c47-27-28-13-15-31(16-14-28)36-21-22-39-37-11-5-6-12-38(37)40-23-24-41(42(36)43(39)40)46-49-44(34-19-17-29-7-1-3-9-32(29)25-34)48-45(50-46)35-20-18-30-8-2-4-10-33(30)26-35/h1-26H. The van der Waals surface area contributed by atoms with Crippen molar-refractivity contribution in [2.45, 2.75) is 0 Å². The van der Waals surface area contributed by atoms with Crippen molar-refractivity contribution in [2.75, 3.05) is 0 Å². The van der Waals surface area contributed by atoms with Crippen LogP contribution in [0.4, 0.5) is 0 Å². The Morgan fingerprint density at radius 1 is 0.340 bits per heavy atom. The molecule has 4 nitrogen and oxygen atoms in total. The molecule has 4 heteroatoms. The molecule has 1 aliphatic rings. The van der Waals surface area contributed by atoms with Gasteiger partial charge in [-0.15, -0.1) is 0 Å². The summed E-state index contributed by atoms with van der Waals surface area (Å²) in [5, 5.41) is 16.4. The first kappa shape index (κ1) is 28.1. The van der Waals surface area contributed by atoms with E-state index in [4.69, 9.17) is 15.0 Å². The number of benzene rings is 8. The normalized spacial score (nSPS) is 11.6. The van der Waals surface area contributed by atoms with E-state index in [-0.39, 0.29) is 0 Å². The van der Waals surface area contributed by atoms with Crippen LogP contribution in [0.3, 0.4) is 0 Å². The van der Waals surface area contributed by atoms with Crippen molar-refractivity contribution < 1.29 is 0 Å². The predicted octanol–water partition coefficient (Wildman–Crippen LogP) is 11.5. The zero-order valence-electron chi connectivity index (χ0n) is 26.8. The molecule has 0 atom stereocenters. The largest absolute Gasteiger partial charge is 0.208 e. The van der Waals surface area contributed by atoms with Crippen LogP contribution >= 0.6 is 0 Å². The highest BCUT2D eigenvalue weighted by atomic mass is 15.0. The Balaban J connectivity index is 1.27. The number of fused-ring (bicyclic) bond motifs is 5. The molecule has 50 heavy (non-hydrogen) atoms. The molecule has 0 radical (unpaired) electrons. The number of nitrogens with zero attached hydrogens (tertiary/aromatic N) is 4. The third-order valence-corrected chi connectivity index (χ3v) is 9.88. The van der Waals surface area contributed by atoms with Crippen molar-refractivity contribution in [1.29, 1.82) is 5.26 Å². The van der Waals surface area contributed by atoms with Gasteiger partial charge in [0, 0.05) is 22.1 Å². The molecular formula is C46H26N4. The second kappa shape index (κ2) is 11.1. The lowest BCUT2D eigenvalue weighted by Gasteiger charge is -2.15. The van der Waals surface area contributed by atoms with Gasteiger partial charge in [-0.2, -0.15) is 5.26 Å². The predicted molar refractivity (Wildman–Crippen MR) is 203 cm³/mol. The van der Waals surface area contributed by atoms with Gasteiger partial charge in [-0.1, -0.05) is 127 Å². The lowest BCUT2D eigenvalue weighted by molar-refractivity contribution is 1.08. The molecular weight excluding hydrogens is 609 g/mol. The van der Waals surface area contributed by atoms with Crippen molar-refractivity contribution in [3.8, 4) is 73.6 Å². The van der Waals surface area contributed by atoms with E-state index in [0.717, 1.165) is 44.0 Å². The van der Waals surface area contributed by atoms with Crippen molar-refractivity contribution in [1.82, 2.24) is 15.0 Å². The maximum Gasteiger partial charge on any atom is 0.164 e. The van der Waals surface area contributed by atoms with Crippen LogP contribution in [-0.4, -0.2) is 15.0 Å². The SMILES string of the molecule is N#Cc1ccc(-c2ccc3c4c(ccc(-c5nc(-c6ccc7ccccc7c6)nc(-c6ccc7ccccc7c6)n5)c24)-c2ccccc2-3)cc1. The molecule has 0 unspecified atom stereocenters. The highest BCUT2D eigenvalue weighted by molar-refractivity contribution is 6.22. The van der Waals surface area contributed by atoms with Crippen LogP contribution in [0.15, 0.2) is 158 Å². The average Bonchev–Trinajstić information content (AvgIpc) is 3.52. The molecule has 8 aromatic carbocycles. The van der Waals surface area contributed by atoms with Crippen LogP contribution in [0, 0.1) is 11.3 Å². The molecule has 10 rings (SSSR count). The Morgan fingerprint density at radius 3 is 1.34 bits per heavy atom. The highest BCUT2D eigenvalue weighted by Gasteiger charge is 2.26. The summed E-state index contributed by atoms with van der Waals surface area (Å²) in [4.78, 5) is 15.6. The van der Waals surface area contributed by atoms with Gasteiger partial charge in [0.1, 0.15) is 0 Å². The summed E-state index contributed by atoms with van der Waals surface area (Å²) in [6.45, 7) is 0. The van der Waals surface area contributed by atoms with Gasteiger partial charge in [-0.05, 0) is 90.6 Å². The van der Waals surface area contributed by atoms with E-state index in [1.165, 1.54) is 38.4 Å². The molecule has 1 aliphatic carbocycles. The van der Waals surface area contributed by atoms with E-state index in [1.807, 2.05) is 24.3 Å². The average molecular weight is 635 g/mol. The molecule has 1 aromatic heterocycles. The molecule has 9 aromatic rings. The first-order valence-corrected chi connectivity index (χ1v) is 16.7. The summed E-state index contributed by atoms with van der Waals surface area (Å²) in [7, 11) is 0. The Bertz CT molecular complexity index is 2750. The van der Waals surface area contributed by atoms with Gasteiger partial charge in [0.25, 0.3) is 0 Å². The summed E-state index contributed by atoms with van der Waals surface area (Å²) >= 11 is 0. The van der Waals surface area contributed by atoms with Crippen LogP contribution in [0.2, 0.25) is 0 Å². The lowest BCUT2D eigenvalue weighted by atomic mass is 9.90. The maximum absolute atomic E-state index is 9.53. The second-order valence-corrected chi connectivity index (χ2v) is 12.7. The zero-order chi connectivity index (χ0) is 33.2. The Labute approximate surface area is 288 Å². The number of hydrogen-bond acceptors (Lipinski definition) is 4. The van der Waals surface area contributed by atoms with E-state index >= 15 is 0 Å². The van der Waals surface area contributed by atoms with Crippen molar-refractivity contribution in [3.05, 3.63) is 163 Å². The van der Waals surface area contributed by atoms with E-state index in [1.54, 1.807) is 0 Å². The highest BCUT2D eigenvalue weighted by Crippen LogP contribution is 2.51. The molecule has 0 saturated heterocycles. The summed E-state index contributed by atoms with van der Waals surface area (Å²) in [6.07, 6.45) is 0. The van der Waals surface area contributed by atoms with E-state index in [0.29, 0.717) is 23.0 Å². The topological polar surface area (TPSA) is 62.5 Å². The summed E-state index contributed by atoms with van der Waals surface area (Å²) in [5.41, 5.74) is 10.4. The van der Waals surface area contributed by atoms with Gasteiger partial charge < -0.3 is 0 Å². The van der Waals surface area contributed by atoms with E-state index < -0.39 is 0 Å². The Kier molecular flexibility index (Phi) is 6.21. The molecule has 230 valence electrons. The van der Waals surface area contributed by atoms with E-state index in [9.17, 15) is 5.26 Å². The fraction of sp³-hybridized carbons (Fsp3) is 0. The first-order chi connectivity index (χ1) is 24.7. The second-order valence-electron chi connectivity index (χ2n) is 12.7. The van der Waals surface area contributed by atoms with Crippen molar-refractivity contribution in [3.63, 3.8) is 0 Å². The van der Waals surface area contributed by atoms with Crippen LogP contribution in [0.1, 0.15) is 5.56 Å². The summed E-state index contributed by atoms with van der Waals surface area (Å²) in [5.74, 6) is 1.85. The van der Waals surface area contributed by atoms with Crippen LogP contribution in [-0.2, 0) is 0 Å². The van der Waals surface area contributed by atoms with E-state index in [2.05, 4.69) is 140 Å². The molecule has 1 heterocycles. The Morgan fingerprint density at radius 2 is 0.780 bits per heavy atom. The van der Waals surface area contributed by atoms with Gasteiger partial charge in [-0.25, -0.2) is 15.0 Å². The van der Waals surface area contributed by atoms with Crippen LogP contribution < -0.4 is 0 Å². The minimum absolute atomic E-state index is 0.612. The van der Waals surface area contributed by atoms with Gasteiger partial charge >= 0.3 is 0 Å². The molecule has 0 amide bonds. The van der Waals surface area contributed by atoms with Gasteiger partial charge in [0.15, 0.2) is 17.5 Å². The Hall–Kier alpha value is -6.96. The third-order valence-electron chi connectivity index (χ3n) is 9.88. The number of rotatable bonds is 4.